The van der Waals surface area contributed by atoms with Gasteiger partial charge in [-0.3, -0.25) is 14.5 Å². The number of halogens is 1. The number of aliphatic hydroxyl groups excluding tert-OH is 1. The van der Waals surface area contributed by atoms with E-state index in [0.717, 1.165) is 11.1 Å². The van der Waals surface area contributed by atoms with Crippen molar-refractivity contribution in [2.75, 3.05) is 12.0 Å². The minimum atomic E-state index is -0.892. The van der Waals surface area contributed by atoms with E-state index in [0.29, 0.717) is 27.2 Å². The number of ether oxygens (including phenoxy) is 1. The number of amides is 1. The molecule has 6 nitrogen and oxygen atoms in total. The van der Waals surface area contributed by atoms with Gasteiger partial charge in [0, 0.05) is 11.3 Å². The summed E-state index contributed by atoms with van der Waals surface area (Å²) >= 11 is 3.39. The Balaban J connectivity index is 1.94. The van der Waals surface area contributed by atoms with E-state index in [1.165, 1.54) is 18.3 Å². The number of methoxy groups -OCH3 is 1. The second kappa shape index (κ2) is 8.07. The number of furan rings is 1. The summed E-state index contributed by atoms with van der Waals surface area (Å²) in [6, 6.07) is 13.1. The normalized spacial score (nSPS) is 17.9. The molecule has 0 aliphatic carbocycles. The zero-order chi connectivity index (χ0) is 22.3. The van der Waals surface area contributed by atoms with Crippen molar-refractivity contribution < 1.29 is 23.8 Å². The average molecular weight is 482 g/mol. The van der Waals surface area contributed by atoms with Gasteiger partial charge in [-0.25, -0.2) is 0 Å². The van der Waals surface area contributed by atoms with Gasteiger partial charge in [-0.1, -0.05) is 12.1 Å². The van der Waals surface area contributed by atoms with Crippen LogP contribution in [-0.4, -0.2) is 23.9 Å². The van der Waals surface area contributed by atoms with Gasteiger partial charge in [0.2, 0.25) is 0 Å². The van der Waals surface area contributed by atoms with Crippen LogP contribution >= 0.6 is 15.9 Å². The number of carbonyl (C=O) groups excluding carboxylic acids is 2. The van der Waals surface area contributed by atoms with Gasteiger partial charge in [0.1, 0.15) is 23.3 Å². The SMILES string of the molecule is COc1ccc(/C(O)=C2/C(=O)C(=O)N(c3cc(C)ccc3C)C2c2ccco2)cc1Br. The van der Waals surface area contributed by atoms with Gasteiger partial charge in [0.25, 0.3) is 11.7 Å². The van der Waals surface area contributed by atoms with Crippen LogP contribution in [0.2, 0.25) is 0 Å². The van der Waals surface area contributed by atoms with E-state index in [1.54, 1.807) is 30.3 Å². The first-order chi connectivity index (χ1) is 14.8. The fourth-order valence-corrected chi connectivity index (χ4v) is 4.29. The lowest BCUT2D eigenvalue weighted by molar-refractivity contribution is -0.132. The molecule has 2 heterocycles. The predicted octanol–water partition coefficient (Wildman–Crippen LogP) is 5.29. The number of aryl methyl sites for hydroxylation is 2. The third-order valence-electron chi connectivity index (χ3n) is 5.31. The molecule has 3 aromatic rings. The summed E-state index contributed by atoms with van der Waals surface area (Å²) in [7, 11) is 1.53. The molecule has 1 aliphatic heterocycles. The Hall–Kier alpha value is -3.32. The Morgan fingerprint density at radius 1 is 1.13 bits per heavy atom. The molecule has 1 saturated heterocycles. The maximum atomic E-state index is 13.1. The molecule has 1 fully saturated rings. The van der Waals surface area contributed by atoms with Crippen molar-refractivity contribution >= 4 is 39.1 Å². The molecule has 0 bridgehead atoms. The highest BCUT2D eigenvalue weighted by atomic mass is 79.9. The third-order valence-corrected chi connectivity index (χ3v) is 5.93. The second-order valence-corrected chi connectivity index (χ2v) is 8.18. The number of carbonyl (C=O) groups is 2. The van der Waals surface area contributed by atoms with Crippen LogP contribution < -0.4 is 9.64 Å². The number of ketones is 1. The van der Waals surface area contributed by atoms with Crippen molar-refractivity contribution in [1.29, 1.82) is 0 Å². The van der Waals surface area contributed by atoms with Crippen LogP contribution in [0.1, 0.15) is 28.5 Å². The van der Waals surface area contributed by atoms with E-state index in [4.69, 9.17) is 9.15 Å². The highest BCUT2D eigenvalue weighted by Crippen LogP contribution is 2.43. The summed E-state index contributed by atoms with van der Waals surface area (Å²) in [5, 5.41) is 11.1. The fraction of sp³-hybridized carbons (Fsp3) is 0.167. The molecule has 4 rings (SSSR count). The van der Waals surface area contributed by atoms with E-state index < -0.39 is 17.7 Å². The van der Waals surface area contributed by atoms with Crippen LogP contribution in [-0.2, 0) is 9.59 Å². The molecule has 0 saturated carbocycles. The molecular weight excluding hydrogens is 462 g/mol. The maximum Gasteiger partial charge on any atom is 0.300 e. The average Bonchev–Trinajstić information content (AvgIpc) is 3.36. The lowest BCUT2D eigenvalue weighted by Crippen LogP contribution is -2.30. The molecule has 31 heavy (non-hydrogen) atoms. The van der Waals surface area contributed by atoms with Gasteiger partial charge < -0.3 is 14.3 Å². The molecule has 2 aromatic carbocycles. The van der Waals surface area contributed by atoms with Crippen molar-refractivity contribution in [2.45, 2.75) is 19.9 Å². The third kappa shape index (κ3) is 3.55. The zero-order valence-electron chi connectivity index (χ0n) is 17.2. The smallest absolute Gasteiger partial charge is 0.300 e. The summed E-state index contributed by atoms with van der Waals surface area (Å²) in [5.74, 6) is -0.809. The van der Waals surface area contributed by atoms with E-state index in [1.807, 2.05) is 32.0 Å². The van der Waals surface area contributed by atoms with E-state index in [-0.39, 0.29) is 11.3 Å². The van der Waals surface area contributed by atoms with Crippen molar-refractivity contribution in [3.8, 4) is 5.75 Å². The number of rotatable bonds is 4. The van der Waals surface area contributed by atoms with E-state index in [9.17, 15) is 14.7 Å². The molecule has 158 valence electrons. The van der Waals surface area contributed by atoms with Crippen LogP contribution in [0.4, 0.5) is 5.69 Å². The molecule has 7 heteroatoms. The van der Waals surface area contributed by atoms with Gasteiger partial charge >= 0.3 is 0 Å². The number of hydrogen-bond donors (Lipinski definition) is 1. The molecule has 0 radical (unpaired) electrons. The first-order valence-corrected chi connectivity index (χ1v) is 10.4. The van der Waals surface area contributed by atoms with Crippen molar-refractivity contribution in [1.82, 2.24) is 0 Å². The first kappa shape index (κ1) is 20.9. The standard InChI is InChI=1S/C24H20BrNO5/c1-13-6-7-14(2)17(11-13)26-21(19-5-4-10-31-19)20(23(28)24(26)29)22(27)15-8-9-18(30-3)16(25)12-15/h4-12,21,27H,1-3H3/b22-20-. The number of aliphatic hydroxyl groups is 1. The zero-order valence-corrected chi connectivity index (χ0v) is 18.8. The number of nitrogens with zero attached hydrogens (tertiary/aromatic N) is 1. The maximum absolute atomic E-state index is 13.1. The number of benzene rings is 2. The van der Waals surface area contributed by atoms with Crippen LogP contribution in [0.3, 0.4) is 0 Å². The van der Waals surface area contributed by atoms with Crippen molar-refractivity contribution in [3.63, 3.8) is 0 Å². The Labute approximate surface area is 187 Å². The van der Waals surface area contributed by atoms with E-state index >= 15 is 0 Å². The summed E-state index contributed by atoms with van der Waals surface area (Å²) in [6.07, 6.45) is 1.47. The molecule has 1 aliphatic rings. The topological polar surface area (TPSA) is 80.0 Å². The molecule has 1 N–H and O–H groups in total. The number of anilines is 1. The Bertz CT molecular complexity index is 1210. The Morgan fingerprint density at radius 3 is 2.55 bits per heavy atom. The van der Waals surface area contributed by atoms with Gasteiger partial charge in [-0.15, -0.1) is 0 Å². The monoisotopic (exact) mass is 481 g/mol. The molecular formula is C24H20BrNO5. The van der Waals surface area contributed by atoms with Crippen LogP contribution in [0.5, 0.6) is 5.75 Å². The van der Waals surface area contributed by atoms with Gasteiger partial charge in [-0.2, -0.15) is 0 Å². The minimum Gasteiger partial charge on any atom is -0.507 e. The highest BCUT2D eigenvalue weighted by Gasteiger charge is 2.48. The summed E-state index contributed by atoms with van der Waals surface area (Å²) in [6.45, 7) is 3.78. The van der Waals surface area contributed by atoms with Crippen LogP contribution in [0.25, 0.3) is 5.76 Å². The van der Waals surface area contributed by atoms with Gasteiger partial charge in [0.15, 0.2) is 0 Å². The lowest BCUT2D eigenvalue weighted by Gasteiger charge is -2.25. The predicted molar refractivity (Wildman–Crippen MR) is 120 cm³/mol. The molecule has 0 spiro atoms. The molecule has 1 unspecified atom stereocenters. The van der Waals surface area contributed by atoms with Crippen molar-refractivity contribution in [2.24, 2.45) is 0 Å². The summed E-state index contributed by atoms with van der Waals surface area (Å²) < 4.78 is 11.4. The van der Waals surface area contributed by atoms with Crippen LogP contribution in [0, 0.1) is 13.8 Å². The Kier molecular flexibility index (Phi) is 5.45. The van der Waals surface area contributed by atoms with E-state index in [2.05, 4.69) is 15.9 Å². The van der Waals surface area contributed by atoms with Crippen LogP contribution in [0.15, 0.2) is 69.3 Å². The summed E-state index contributed by atoms with van der Waals surface area (Å²) in [5.41, 5.74) is 2.72. The number of hydrogen-bond acceptors (Lipinski definition) is 5. The Morgan fingerprint density at radius 2 is 1.90 bits per heavy atom. The fourth-order valence-electron chi connectivity index (χ4n) is 3.75. The van der Waals surface area contributed by atoms with Gasteiger partial charge in [0.05, 0.1) is 23.4 Å². The van der Waals surface area contributed by atoms with Gasteiger partial charge in [-0.05, 0) is 77.3 Å². The molecule has 1 amide bonds. The van der Waals surface area contributed by atoms with Crippen molar-refractivity contribution in [3.05, 3.63) is 87.3 Å². The highest BCUT2D eigenvalue weighted by molar-refractivity contribution is 9.10. The second-order valence-electron chi connectivity index (χ2n) is 7.32. The largest absolute Gasteiger partial charge is 0.507 e. The quantitative estimate of drug-likeness (QED) is 0.311. The molecule has 1 aromatic heterocycles. The first-order valence-electron chi connectivity index (χ1n) is 9.59. The number of Topliss-reactive ketones (excluding diaryl/α,β-unsaturated/α-hetero) is 1. The summed E-state index contributed by atoms with van der Waals surface area (Å²) in [4.78, 5) is 27.7. The minimum absolute atomic E-state index is 0.0297. The lowest BCUT2D eigenvalue weighted by atomic mass is 9.98. The molecule has 1 atom stereocenters.